The van der Waals surface area contributed by atoms with Gasteiger partial charge in [0.25, 0.3) is 0 Å². The van der Waals surface area contributed by atoms with Gasteiger partial charge >= 0.3 is 0 Å². The number of hydrogen-bond acceptors (Lipinski definition) is 4. The molecule has 2 rings (SSSR count). The number of phenolic OH excluding ortho intramolecular Hbond substituents is 1. The third-order valence-electron chi connectivity index (χ3n) is 3.65. The van der Waals surface area contributed by atoms with Gasteiger partial charge in [-0.05, 0) is 32.4 Å². The molecule has 1 unspecified atom stereocenters. The summed E-state index contributed by atoms with van der Waals surface area (Å²) in [4.78, 5) is 2.18. The summed E-state index contributed by atoms with van der Waals surface area (Å²) in [6, 6.07) is 6.51. The molecule has 1 aliphatic rings. The number of benzene rings is 1. The average Bonchev–Trinajstić information content (AvgIpc) is 3.20. The Morgan fingerprint density at radius 1 is 1.42 bits per heavy atom. The van der Waals surface area contributed by atoms with E-state index >= 15 is 0 Å². The van der Waals surface area contributed by atoms with E-state index in [4.69, 9.17) is 5.11 Å². The molecule has 0 saturated heterocycles. The number of anilines is 1. The Balaban J connectivity index is 2.17. The average molecular weight is 264 g/mol. The van der Waals surface area contributed by atoms with Crippen LogP contribution in [0.25, 0.3) is 0 Å². The molecule has 1 aromatic carbocycles. The summed E-state index contributed by atoms with van der Waals surface area (Å²) in [7, 11) is 0. The van der Waals surface area contributed by atoms with Crippen molar-refractivity contribution in [2.45, 2.75) is 38.8 Å². The molecule has 4 heteroatoms. The first-order chi connectivity index (χ1) is 9.17. The fourth-order valence-electron chi connectivity index (χ4n) is 2.51. The van der Waals surface area contributed by atoms with Gasteiger partial charge in [-0.15, -0.1) is 0 Å². The molecule has 1 aromatic rings. The van der Waals surface area contributed by atoms with Crippen molar-refractivity contribution in [3.63, 3.8) is 0 Å². The Bertz CT molecular complexity index is 419. The van der Waals surface area contributed by atoms with Crippen LogP contribution in [0.1, 0.15) is 38.3 Å². The van der Waals surface area contributed by atoms with Gasteiger partial charge in [0.2, 0.25) is 0 Å². The second kappa shape index (κ2) is 6.26. The van der Waals surface area contributed by atoms with Gasteiger partial charge in [0.05, 0.1) is 6.61 Å². The minimum absolute atomic E-state index is 0.145. The van der Waals surface area contributed by atoms with Crippen LogP contribution in [0.3, 0.4) is 0 Å². The van der Waals surface area contributed by atoms with Crippen LogP contribution in [0.4, 0.5) is 5.69 Å². The molecule has 1 fully saturated rings. The topological polar surface area (TPSA) is 55.7 Å². The van der Waals surface area contributed by atoms with Crippen LogP contribution in [-0.2, 0) is 0 Å². The first-order valence-electron chi connectivity index (χ1n) is 7.11. The summed E-state index contributed by atoms with van der Waals surface area (Å²) in [5.41, 5.74) is 1.92. The number of phenols is 1. The molecule has 1 aliphatic carbocycles. The van der Waals surface area contributed by atoms with E-state index in [-0.39, 0.29) is 12.6 Å². The van der Waals surface area contributed by atoms with Crippen molar-refractivity contribution in [3.8, 4) is 5.75 Å². The third kappa shape index (κ3) is 3.39. The number of aliphatic hydroxyl groups excluding tert-OH is 1. The molecule has 0 spiro atoms. The van der Waals surface area contributed by atoms with Crippen molar-refractivity contribution >= 4 is 5.69 Å². The molecule has 0 aromatic heterocycles. The Hall–Kier alpha value is -1.26. The monoisotopic (exact) mass is 264 g/mol. The molecule has 0 heterocycles. The maximum Gasteiger partial charge on any atom is 0.122 e. The van der Waals surface area contributed by atoms with Crippen LogP contribution < -0.4 is 10.2 Å². The summed E-state index contributed by atoms with van der Waals surface area (Å²) in [6.45, 7) is 5.75. The highest BCUT2D eigenvalue weighted by Crippen LogP contribution is 2.35. The van der Waals surface area contributed by atoms with Crippen molar-refractivity contribution in [2.24, 2.45) is 0 Å². The normalized spacial score (nSPS) is 16.4. The van der Waals surface area contributed by atoms with Gasteiger partial charge in [0.1, 0.15) is 5.75 Å². The molecule has 0 amide bonds. The lowest BCUT2D eigenvalue weighted by atomic mass is 10.1. The van der Waals surface area contributed by atoms with E-state index in [9.17, 15) is 5.11 Å². The zero-order valence-corrected chi connectivity index (χ0v) is 11.8. The van der Waals surface area contributed by atoms with Crippen LogP contribution in [0.5, 0.6) is 5.75 Å². The Morgan fingerprint density at radius 2 is 2.16 bits per heavy atom. The minimum Gasteiger partial charge on any atom is -0.508 e. The quantitative estimate of drug-likeness (QED) is 0.705. The molecular formula is C15H24N2O2. The van der Waals surface area contributed by atoms with E-state index in [1.165, 1.54) is 12.8 Å². The standard InChI is InChI=1S/C15H24N2O2/c1-3-16-11(2)14-7-6-13(10-15(14)19)17(8-9-18)12-4-5-12/h6-7,10-12,16,18-19H,3-5,8-9H2,1-2H3. The second-order valence-electron chi connectivity index (χ2n) is 5.17. The lowest BCUT2D eigenvalue weighted by Gasteiger charge is -2.25. The lowest BCUT2D eigenvalue weighted by Crippen LogP contribution is -2.28. The smallest absolute Gasteiger partial charge is 0.122 e. The predicted molar refractivity (Wildman–Crippen MR) is 77.7 cm³/mol. The fraction of sp³-hybridized carbons (Fsp3) is 0.600. The second-order valence-corrected chi connectivity index (χ2v) is 5.17. The van der Waals surface area contributed by atoms with Crippen molar-refractivity contribution in [1.82, 2.24) is 5.32 Å². The third-order valence-corrected chi connectivity index (χ3v) is 3.65. The lowest BCUT2D eigenvalue weighted by molar-refractivity contribution is 0.301. The van der Waals surface area contributed by atoms with E-state index in [1.807, 2.05) is 25.1 Å². The number of aromatic hydroxyl groups is 1. The van der Waals surface area contributed by atoms with Crippen LogP contribution >= 0.6 is 0 Å². The first kappa shape index (κ1) is 14.2. The molecule has 0 aliphatic heterocycles. The van der Waals surface area contributed by atoms with Crippen molar-refractivity contribution in [3.05, 3.63) is 23.8 Å². The van der Waals surface area contributed by atoms with E-state index in [1.54, 1.807) is 0 Å². The van der Waals surface area contributed by atoms with Gasteiger partial charge < -0.3 is 20.4 Å². The molecule has 19 heavy (non-hydrogen) atoms. The van der Waals surface area contributed by atoms with Crippen molar-refractivity contribution in [2.75, 3.05) is 24.6 Å². The van der Waals surface area contributed by atoms with Crippen LogP contribution in [0.2, 0.25) is 0 Å². The maximum absolute atomic E-state index is 10.2. The predicted octanol–water partition coefficient (Wildman–Crippen LogP) is 2.02. The van der Waals surface area contributed by atoms with E-state index in [0.29, 0.717) is 18.3 Å². The summed E-state index contributed by atoms with van der Waals surface area (Å²) in [5.74, 6) is 0.328. The van der Waals surface area contributed by atoms with Gasteiger partial charge in [0.15, 0.2) is 0 Å². The number of aliphatic hydroxyl groups is 1. The zero-order chi connectivity index (χ0) is 13.8. The van der Waals surface area contributed by atoms with Crippen LogP contribution in [0, 0.1) is 0 Å². The SMILES string of the molecule is CCNC(C)c1ccc(N(CCO)C2CC2)cc1O. The van der Waals surface area contributed by atoms with E-state index < -0.39 is 0 Å². The van der Waals surface area contributed by atoms with Gasteiger partial charge in [-0.1, -0.05) is 13.0 Å². The first-order valence-corrected chi connectivity index (χ1v) is 7.11. The highest BCUT2D eigenvalue weighted by Gasteiger charge is 2.29. The summed E-state index contributed by atoms with van der Waals surface area (Å²) in [5, 5.41) is 22.6. The molecule has 4 nitrogen and oxygen atoms in total. The number of nitrogens with zero attached hydrogens (tertiary/aromatic N) is 1. The molecule has 106 valence electrons. The number of nitrogens with one attached hydrogen (secondary N) is 1. The zero-order valence-electron chi connectivity index (χ0n) is 11.8. The van der Waals surface area contributed by atoms with Gasteiger partial charge in [-0.25, -0.2) is 0 Å². The molecule has 3 N–H and O–H groups in total. The molecule has 0 radical (unpaired) electrons. The Kier molecular flexibility index (Phi) is 4.66. The van der Waals surface area contributed by atoms with Crippen molar-refractivity contribution in [1.29, 1.82) is 0 Å². The van der Waals surface area contributed by atoms with Crippen LogP contribution in [-0.4, -0.2) is 36.0 Å². The molecule has 1 saturated carbocycles. The van der Waals surface area contributed by atoms with Gasteiger partial charge in [-0.2, -0.15) is 0 Å². The molecule has 1 atom stereocenters. The maximum atomic E-state index is 10.2. The summed E-state index contributed by atoms with van der Waals surface area (Å²) >= 11 is 0. The summed E-state index contributed by atoms with van der Waals surface area (Å²) in [6.07, 6.45) is 2.35. The molecular weight excluding hydrogens is 240 g/mol. The van der Waals surface area contributed by atoms with E-state index in [0.717, 1.165) is 17.8 Å². The molecule has 0 bridgehead atoms. The Labute approximate surface area is 115 Å². The number of hydrogen-bond donors (Lipinski definition) is 3. The van der Waals surface area contributed by atoms with Gasteiger partial charge in [0, 0.05) is 35.9 Å². The van der Waals surface area contributed by atoms with Gasteiger partial charge in [-0.3, -0.25) is 0 Å². The van der Waals surface area contributed by atoms with E-state index in [2.05, 4.69) is 17.1 Å². The fourth-order valence-corrected chi connectivity index (χ4v) is 2.51. The highest BCUT2D eigenvalue weighted by molar-refractivity contribution is 5.55. The summed E-state index contributed by atoms with van der Waals surface area (Å²) < 4.78 is 0. The largest absolute Gasteiger partial charge is 0.508 e. The minimum atomic E-state index is 0.145. The van der Waals surface area contributed by atoms with Crippen LogP contribution in [0.15, 0.2) is 18.2 Å². The Morgan fingerprint density at radius 3 is 2.68 bits per heavy atom. The number of rotatable bonds is 7. The van der Waals surface area contributed by atoms with Crippen molar-refractivity contribution < 1.29 is 10.2 Å². The highest BCUT2D eigenvalue weighted by atomic mass is 16.3.